The molecule has 0 bridgehead atoms. The maximum atomic E-state index is 12.7. The second-order valence-electron chi connectivity index (χ2n) is 7.38. The highest BCUT2D eigenvalue weighted by atomic mass is 32.2. The van der Waals surface area contributed by atoms with Crippen molar-refractivity contribution in [3.8, 4) is 0 Å². The van der Waals surface area contributed by atoms with E-state index >= 15 is 0 Å². The number of nitrogens with zero attached hydrogens (tertiary/aromatic N) is 1. The summed E-state index contributed by atoms with van der Waals surface area (Å²) in [5.74, 6) is -0.903. The van der Waals surface area contributed by atoms with Crippen molar-refractivity contribution < 1.29 is 22.7 Å². The van der Waals surface area contributed by atoms with Crippen LogP contribution in [0.3, 0.4) is 0 Å². The van der Waals surface area contributed by atoms with Crippen LogP contribution in [0.15, 0.2) is 40.6 Å². The molecule has 7 nitrogen and oxygen atoms in total. The van der Waals surface area contributed by atoms with Crippen molar-refractivity contribution in [2.24, 2.45) is 0 Å². The Kier molecular flexibility index (Phi) is 6.95. The number of hydrogen-bond acceptors (Lipinski definition) is 6. The molecule has 1 aliphatic rings. The molecule has 1 aromatic carbocycles. The molecule has 1 aliphatic heterocycles. The number of amides is 1. The number of carbonyl (C=O) groups is 2. The van der Waals surface area contributed by atoms with Crippen LogP contribution in [0.5, 0.6) is 0 Å². The fourth-order valence-corrected chi connectivity index (χ4v) is 5.38. The Hall–Kier alpha value is -2.23. The average molecular weight is 451 g/mol. The molecule has 1 aromatic heterocycles. The molecule has 2 aromatic rings. The minimum Gasteiger partial charge on any atom is -0.449 e. The summed E-state index contributed by atoms with van der Waals surface area (Å²) >= 11 is 1.69. The number of nitrogens with one attached hydrogen (secondary N) is 1. The molecule has 9 heteroatoms. The summed E-state index contributed by atoms with van der Waals surface area (Å²) < 4.78 is 32.5. The minimum atomic E-state index is -3.65. The van der Waals surface area contributed by atoms with Crippen LogP contribution in [0.4, 0.5) is 0 Å². The van der Waals surface area contributed by atoms with Gasteiger partial charge in [0.15, 0.2) is 6.10 Å². The van der Waals surface area contributed by atoms with E-state index in [1.165, 1.54) is 29.1 Å². The number of sulfonamides is 1. The zero-order chi connectivity index (χ0) is 21.9. The van der Waals surface area contributed by atoms with Crippen LogP contribution in [0.1, 0.15) is 48.0 Å². The molecule has 0 saturated heterocycles. The summed E-state index contributed by atoms with van der Waals surface area (Å²) in [6.07, 6.45) is 0.550. The van der Waals surface area contributed by atoms with Gasteiger partial charge in [0.25, 0.3) is 5.91 Å². The molecule has 30 heavy (non-hydrogen) atoms. The summed E-state index contributed by atoms with van der Waals surface area (Å²) in [4.78, 5) is 28.2. The van der Waals surface area contributed by atoms with Crippen molar-refractivity contribution in [1.82, 2.24) is 9.62 Å². The van der Waals surface area contributed by atoms with E-state index in [0.29, 0.717) is 19.5 Å². The zero-order valence-corrected chi connectivity index (χ0v) is 18.9. The first-order valence-electron chi connectivity index (χ1n) is 9.88. The standard InChI is InChI=1S/C21H26N2O5S2/c1-4-14(2)22-30(26,27)18-7-5-16(6-8-18)21(25)28-15(3)20(24)23-11-9-19-17(13-23)10-12-29-19/h5-8,10,12,14-15,22H,4,9,11,13H2,1-3H3. The van der Waals surface area contributed by atoms with Gasteiger partial charge in [0.2, 0.25) is 10.0 Å². The Labute approximate surface area is 181 Å². The third kappa shape index (κ3) is 5.08. The average Bonchev–Trinajstić information content (AvgIpc) is 3.20. The van der Waals surface area contributed by atoms with Crippen molar-refractivity contribution in [3.63, 3.8) is 0 Å². The van der Waals surface area contributed by atoms with E-state index in [2.05, 4.69) is 4.72 Å². The van der Waals surface area contributed by atoms with Gasteiger partial charge < -0.3 is 9.64 Å². The van der Waals surface area contributed by atoms with Crippen molar-refractivity contribution >= 4 is 33.2 Å². The summed E-state index contributed by atoms with van der Waals surface area (Å²) in [5.41, 5.74) is 1.33. The van der Waals surface area contributed by atoms with Crippen molar-refractivity contribution in [3.05, 3.63) is 51.7 Å². The number of benzene rings is 1. The Morgan fingerprint density at radius 3 is 2.57 bits per heavy atom. The lowest BCUT2D eigenvalue weighted by Crippen LogP contribution is -2.42. The van der Waals surface area contributed by atoms with E-state index in [9.17, 15) is 18.0 Å². The number of esters is 1. The van der Waals surface area contributed by atoms with E-state index in [1.54, 1.807) is 30.1 Å². The molecule has 0 aliphatic carbocycles. The zero-order valence-electron chi connectivity index (χ0n) is 17.3. The van der Waals surface area contributed by atoms with Crippen LogP contribution in [0, 0.1) is 0 Å². The maximum absolute atomic E-state index is 12.7. The smallest absolute Gasteiger partial charge is 0.338 e. The maximum Gasteiger partial charge on any atom is 0.338 e. The molecule has 2 heterocycles. The second kappa shape index (κ2) is 9.28. The van der Waals surface area contributed by atoms with Crippen LogP contribution < -0.4 is 4.72 Å². The van der Waals surface area contributed by atoms with E-state index in [-0.39, 0.29) is 22.4 Å². The molecule has 0 saturated carbocycles. The Morgan fingerprint density at radius 1 is 1.20 bits per heavy atom. The fraction of sp³-hybridized carbons (Fsp3) is 0.429. The number of rotatable bonds is 7. The molecular weight excluding hydrogens is 424 g/mol. The van der Waals surface area contributed by atoms with Gasteiger partial charge in [-0.25, -0.2) is 17.9 Å². The lowest BCUT2D eigenvalue weighted by atomic mass is 10.1. The third-order valence-electron chi connectivity index (χ3n) is 5.12. The highest BCUT2D eigenvalue weighted by molar-refractivity contribution is 7.89. The first-order valence-corrected chi connectivity index (χ1v) is 12.2. The van der Waals surface area contributed by atoms with Gasteiger partial charge in [-0.05, 0) is 68.0 Å². The van der Waals surface area contributed by atoms with Crippen LogP contribution in [0.25, 0.3) is 0 Å². The molecule has 1 amide bonds. The summed E-state index contributed by atoms with van der Waals surface area (Å²) in [7, 11) is -3.65. The molecule has 162 valence electrons. The second-order valence-corrected chi connectivity index (χ2v) is 10.1. The van der Waals surface area contributed by atoms with Gasteiger partial charge in [0, 0.05) is 24.0 Å². The normalized spacial score (nSPS) is 15.9. The molecule has 3 rings (SSSR count). The largest absolute Gasteiger partial charge is 0.449 e. The monoisotopic (exact) mass is 450 g/mol. The van der Waals surface area contributed by atoms with Gasteiger partial charge in [-0.1, -0.05) is 6.92 Å². The first kappa shape index (κ1) is 22.5. The van der Waals surface area contributed by atoms with E-state index < -0.39 is 22.1 Å². The molecule has 0 fully saturated rings. The predicted molar refractivity (Wildman–Crippen MR) is 115 cm³/mol. The highest BCUT2D eigenvalue weighted by Crippen LogP contribution is 2.24. The van der Waals surface area contributed by atoms with E-state index in [4.69, 9.17) is 4.74 Å². The topological polar surface area (TPSA) is 92.8 Å². The third-order valence-corrected chi connectivity index (χ3v) is 7.75. The summed E-state index contributed by atoms with van der Waals surface area (Å²) in [6.45, 7) is 6.35. The predicted octanol–water partition coefficient (Wildman–Crippen LogP) is 2.96. The number of fused-ring (bicyclic) bond motifs is 1. The number of thiophene rings is 1. The first-order chi connectivity index (χ1) is 14.2. The highest BCUT2D eigenvalue weighted by Gasteiger charge is 2.28. The van der Waals surface area contributed by atoms with Gasteiger partial charge in [-0.3, -0.25) is 4.79 Å². The van der Waals surface area contributed by atoms with Crippen LogP contribution in [-0.2, 0) is 32.5 Å². The Balaban J connectivity index is 1.61. The van der Waals surface area contributed by atoms with Gasteiger partial charge in [0.1, 0.15) is 0 Å². The molecule has 1 N–H and O–H groups in total. The van der Waals surface area contributed by atoms with Gasteiger partial charge in [0.05, 0.1) is 10.5 Å². The van der Waals surface area contributed by atoms with Gasteiger partial charge in [-0.15, -0.1) is 11.3 Å². The Bertz CT molecular complexity index is 1010. The number of ether oxygens (including phenoxy) is 1. The summed E-state index contributed by atoms with van der Waals surface area (Å²) in [5, 5.41) is 2.02. The number of carbonyl (C=O) groups excluding carboxylic acids is 2. The van der Waals surface area contributed by atoms with Crippen LogP contribution >= 0.6 is 11.3 Å². The van der Waals surface area contributed by atoms with Crippen molar-refractivity contribution in [1.29, 1.82) is 0 Å². The van der Waals surface area contributed by atoms with Crippen LogP contribution in [-0.4, -0.2) is 43.9 Å². The van der Waals surface area contributed by atoms with Crippen LogP contribution in [0.2, 0.25) is 0 Å². The van der Waals surface area contributed by atoms with E-state index in [1.807, 2.05) is 18.4 Å². The summed E-state index contributed by atoms with van der Waals surface area (Å²) in [6, 6.07) is 7.33. The lowest BCUT2D eigenvalue weighted by molar-refractivity contribution is -0.140. The molecule has 0 radical (unpaired) electrons. The Morgan fingerprint density at radius 2 is 1.90 bits per heavy atom. The number of hydrogen-bond donors (Lipinski definition) is 1. The van der Waals surface area contributed by atoms with Crippen molar-refractivity contribution in [2.75, 3.05) is 6.54 Å². The van der Waals surface area contributed by atoms with Crippen molar-refractivity contribution in [2.45, 2.75) is 57.2 Å². The molecule has 2 atom stereocenters. The quantitative estimate of drug-likeness (QED) is 0.655. The fourth-order valence-electron chi connectivity index (χ4n) is 3.16. The molecule has 2 unspecified atom stereocenters. The lowest BCUT2D eigenvalue weighted by Gasteiger charge is -2.29. The van der Waals surface area contributed by atoms with E-state index in [0.717, 1.165) is 12.0 Å². The van der Waals surface area contributed by atoms with Gasteiger partial charge >= 0.3 is 5.97 Å². The molecular formula is C21H26N2O5S2. The molecule has 0 spiro atoms. The minimum absolute atomic E-state index is 0.0726. The SMILES string of the molecule is CCC(C)NS(=O)(=O)c1ccc(C(=O)OC(C)C(=O)N2CCc3sccc3C2)cc1. The van der Waals surface area contributed by atoms with Gasteiger partial charge in [-0.2, -0.15) is 0 Å².